The highest BCUT2D eigenvalue weighted by Gasteiger charge is 2.39. The first kappa shape index (κ1) is 30.4. The Morgan fingerprint density at radius 3 is 2.19 bits per heavy atom. The lowest BCUT2D eigenvalue weighted by Gasteiger charge is -2.31. The van der Waals surface area contributed by atoms with Gasteiger partial charge in [0.2, 0.25) is 0 Å². The summed E-state index contributed by atoms with van der Waals surface area (Å²) in [6.45, 7) is 4.44. The summed E-state index contributed by atoms with van der Waals surface area (Å²) in [5, 5.41) is 19.1. The van der Waals surface area contributed by atoms with Gasteiger partial charge >= 0.3 is 23.9 Å². The van der Waals surface area contributed by atoms with Crippen LogP contribution in [0.2, 0.25) is 5.02 Å². The van der Waals surface area contributed by atoms with E-state index in [2.05, 4.69) is 5.32 Å². The Balaban J connectivity index is 0.000000697. The number of hydrogen-bond donors (Lipinski definition) is 4. The standard InChI is InChI=1S/C20H25ClN2O5.C4H4O4/c1-4-28-20(25)16-12(2)23-15(11-27-10-9-22)18(19(24)26-3)17(16)13-7-5-6-8-14(13)21;5-3(6)1-2-4(7)8/h5-8,17,23H,4,9-11,22H2,1-3H3;1-2H,(H,5,6)(H,7,8)/b;2-1-. The average Bonchev–Trinajstić information content (AvgIpc) is 2.83. The van der Waals surface area contributed by atoms with Gasteiger partial charge in [-0.2, -0.15) is 0 Å². The zero-order valence-electron chi connectivity index (χ0n) is 20.1. The van der Waals surface area contributed by atoms with Crippen LogP contribution in [0.3, 0.4) is 0 Å². The van der Waals surface area contributed by atoms with Crippen molar-refractivity contribution < 1.29 is 43.6 Å². The maximum Gasteiger partial charge on any atom is 0.336 e. The molecule has 2 rings (SSSR count). The van der Waals surface area contributed by atoms with Crippen LogP contribution in [-0.2, 0) is 33.4 Å². The van der Waals surface area contributed by atoms with Crippen molar-refractivity contribution in [1.82, 2.24) is 5.32 Å². The van der Waals surface area contributed by atoms with Gasteiger partial charge in [-0.1, -0.05) is 29.8 Å². The maximum atomic E-state index is 12.7. The molecule has 11 nitrogen and oxygen atoms in total. The van der Waals surface area contributed by atoms with Crippen LogP contribution in [0, 0.1) is 0 Å². The van der Waals surface area contributed by atoms with Gasteiger partial charge in [0.15, 0.2) is 0 Å². The Kier molecular flexibility index (Phi) is 12.9. The number of nitrogens with one attached hydrogen (secondary N) is 1. The zero-order chi connectivity index (χ0) is 27.3. The van der Waals surface area contributed by atoms with Crippen LogP contribution in [0.1, 0.15) is 25.3 Å². The fourth-order valence-corrected chi connectivity index (χ4v) is 3.51. The second kappa shape index (κ2) is 15.4. The Bertz CT molecular complexity index is 1050. The quantitative estimate of drug-likeness (QED) is 0.200. The van der Waals surface area contributed by atoms with Crippen LogP contribution in [0.25, 0.3) is 0 Å². The molecule has 1 aromatic carbocycles. The largest absolute Gasteiger partial charge is 0.478 e. The van der Waals surface area contributed by atoms with E-state index in [9.17, 15) is 19.2 Å². The molecule has 1 unspecified atom stereocenters. The molecule has 1 aromatic rings. The fourth-order valence-electron chi connectivity index (χ4n) is 3.26. The van der Waals surface area contributed by atoms with Crippen LogP contribution < -0.4 is 11.1 Å². The van der Waals surface area contributed by atoms with E-state index in [-0.39, 0.29) is 18.8 Å². The van der Waals surface area contributed by atoms with Crippen molar-refractivity contribution in [1.29, 1.82) is 0 Å². The normalized spacial score (nSPS) is 15.1. The number of methoxy groups -OCH3 is 1. The zero-order valence-corrected chi connectivity index (χ0v) is 20.8. The molecule has 196 valence electrons. The molecule has 5 N–H and O–H groups in total. The molecule has 1 heterocycles. The van der Waals surface area contributed by atoms with E-state index in [1.807, 2.05) is 0 Å². The van der Waals surface area contributed by atoms with Gasteiger partial charge in [-0.25, -0.2) is 19.2 Å². The highest BCUT2D eigenvalue weighted by atomic mass is 35.5. The number of dihydropyridines is 1. The van der Waals surface area contributed by atoms with Gasteiger partial charge in [0.1, 0.15) is 0 Å². The fraction of sp³-hybridized carbons (Fsp3) is 0.333. The van der Waals surface area contributed by atoms with E-state index in [1.165, 1.54) is 7.11 Å². The third-order valence-electron chi connectivity index (χ3n) is 4.64. The number of nitrogens with two attached hydrogens (primary N) is 1. The first-order chi connectivity index (χ1) is 17.1. The van der Waals surface area contributed by atoms with Crippen LogP contribution in [0.4, 0.5) is 0 Å². The summed E-state index contributed by atoms with van der Waals surface area (Å²) in [6.07, 6.45) is 1.12. The number of hydrogen-bond acceptors (Lipinski definition) is 9. The summed E-state index contributed by atoms with van der Waals surface area (Å²) in [6, 6.07) is 7.05. The molecule has 0 aromatic heterocycles. The predicted molar refractivity (Wildman–Crippen MR) is 130 cm³/mol. The summed E-state index contributed by atoms with van der Waals surface area (Å²) >= 11 is 6.42. The van der Waals surface area contributed by atoms with Crippen LogP contribution in [0.15, 0.2) is 59.0 Å². The highest BCUT2D eigenvalue weighted by molar-refractivity contribution is 6.31. The Morgan fingerprint density at radius 1 is 1.08 bits per heavy atom. The smallest absolute Gasteiger partial charge is 0.336 e. The van der Waals surface area contributed by atoms with Gasteiger partial charge in [-0.3, -0.25) is 0 Å². The monoisotopic (exact) mass is 524 g/mol. The minimum Gasteiger partial charge on any atom is -0.478 e. The molecule has 12 heteroatoms. The van der Waals surface area contributed by atoms with E-state index < -0.39 is 29.8 Å². The summed E-state index contributed by atoms with van der Waals surface area (Å²) in [5.41, 5.74) is 7.69. The van der Waals surface area contributed by atoms with Crippen molar-refractivity contribution in [2.45, 2.75) is 19.8 Å². The van der Waals surface area contributed by atoms with Gasteiger partial charge in [0, 0.05) is 29.4 Å². The van der Waals surface area contributed by atoms with E-state index in [1.54, 1.807) is 38.1 Å². The summed E-state index contributed by atoms with van der Waals surface area (Å²) < 4.78 is 15.8. The van der Waals surface area contributed by atoms with Crippen LogP contribution in [-0.4, -0.2) is 67.6 Å². The van der Waals surface area contributed by atoms with Crippen molar-refractivity contribution in [3.63, 3.8) is 0 Å². The SMILES string of the molecule is CCOC(=O)C1=C(C)NC(COCCN)=C(C(=O)OC)C1c1ccccc1Cl.O=C(O)/C=C\C(=O)O. The molecule has 0 amide bonds. The number of esters is 2. The molecule has 1 aliphatic rings. The molecule has 0 spiro atoms. The number of carboxylic acids is 2. The number of halogens is 1. The van der Waals surface area contributed by atoms with Crippen molar-refractivity contribution >= 4 is 35.5 Å². The van der Waals surface area contributed by atoms with Crippen LogP contribution >= 0.6 is 11.6 Å². The minimum absolute atomic E-state index is 0.107. The molecule has 1 aliphatic heterocycles. The molecule has 0 bridgehead atoms. The van der Waals surface area contributed by atoms with Gasteiger partial charge in [0.05, 0.1) is 49.7 Å². The topological polar surface area (TPSA) is 174 Å². The molecule has 0 radical (unpaired) electrons. The van der Waals surface area contributed by atoms with E-state index in [0.717, 1.165) is 0 Å². The Hall–Kier alpha value is -3.67. The first-order valence-electron chi connectivity index (χ1n) is 10.7. The maximum absolute atomic E-state index is 12.7. The first-order valence-corrected chi connectivity index (χ1v) is 11.1. The van der Waals surface area contributed by atoms with Crippen molar-refractivity contribution in [2.75, 3.05) is 33.5 Å². The number of ether oxygens (including phenoxy) is 3. The third kappa shape index (κ3) is 8.84. The minimum atomic E-state index is -1.26. The molecular formula is C24H29ClN2O9. The molecular weight excluding hydrogens is 496 g/mol. The summed E-state index contributed by atoms with van der Waals surface area (Å²) in [7, 11) is 1.28. The average molecular weight is 525 g/mol. The number of rotatable bonds is 10. The highest BCUT2D eigenvalue weighted by Crippen LogP contribution is 2.41. The third-order valence-corrected chi connectivity index (χ3v) is 4.98. The number of allylic oxidation sites excluding steroid dienone is 1. The van der Waals surface area contributed by atoms with Gasteiger partial charge in [-0.15, -0.1) is 0 Å². The second-order valence-corrected chi connectivity index (χ2v) is 7.48. The van der Waals surface area contributed by atoms with Crippen molar-refractivity contribution in [3.05, 3.63) is 69.5 Å². The lowest BCUT2D eigenvalue weighted by molar-refractivity contribution is -0.139. The summed E-state index contributed by atoms with van der Waals surface area (Å²) in [5.74, 6) is -4.38. The predicted octanol–water partition coefficient (Wildman–Crippen LogP) is 1.98. The lowest BCUT2D eigenvalue weighted by atomic mass is 9.80. The Labute approximate surface area is 213 Å². The molecule has 36 heavy (non-hydrogen) atoms. The number of carboxylic acid groups (broad SMARTS) is 2. The van der Waals surface area contributed by atoms with E-state index >= 15 is 0 Å². The van der Waals surface area contributed by atoms with E-state index in [0.29, 0.717) is 52.9 Å². The summed E-state index contributed by atoms with van der Waals surface area (Å²) in [4.78, 5) is 44.6. The molecule has 0 saturated heterocycles. The van der Waals surface area contributed by atoms with Gasteiger partial charge in [0.25, 0.3) is 0 Å². The molecule has 0 saturated carbocycles. The lowest BCUT2D eigenvalue weighted by Crippen LogP contribution is -2.35. The number of carbonyl (C=O) groups is 4. The molecule has 0 aliphatic carbocycles. The number of aliphatic carboxylic acids is 2. The van der Waals surface area contributed by atoms with Gasteiger partial charge < -0.3 is 35.5 Å². The van der Waals surface area contributed by atoms with Crippen molar-refractivity contribution in [3.8, 4) is 0 Å². The van der Waals surface area contributed by atoms with Crippen molar-refractivity contribution in [2.24, 2.45) is 5.73 Å². The molecule has 1 atom stereocenters. The van der Waals surface area contributed by atoms with Gasteiger partial charge in [-0.05, 0) is 25.5 Å². The number of carbonyl (C=O) groups excluding carboxylic acids is 2. The molecule has 0 fully saturated rings. The van der Waals surface area contributed by atoms with E-state index in [4.69, 9.17) is 41.8 Å². The number of benzene rings is 1. The Morgan fingerprint density at radius 2 is 1.69 bits per heavy atom. The second-order valence-electron chi connectivity index (χ2n) is 7.07. The van der Waals surface area contributed by atoms with Crippen LogP contribution in [0.5, 0.6) is 0 Å².